The van der Waals surface area contributed by atoms with Gasteiger partial charge in [0.05, 0.1) is 0 Å². The van der Waals surface area contributed by atoms with E-state index in [1.165, 1.54) is 19.3 Å². The Morgan fingerprint density at radius 1 is 1.36 bits per heavy atom. The summed E-state index contributed by atoms with van der Waals surface area (Å²) in [6, 6.07) is 0. The number of nitrogens with one attached hydrogen (secondary N) is 1. The minimum atomic E-state index is 0.554. The zero-order valence-corrected chi connectivity index (χ0v) is 10.4. The van der Waals surface area contributed by atoms with E-state index in [9.17, 15) is 0 Å². The summed E-state index contributed by atoms with van der Waals surface area (Å²) in [4.78, 5) is 2.30. The number of rotatable bonds is 2. The molecule has 1 heterocycles. The lowest BCUT2D eigenvalue weighted by atomic mass is 9.78. The minimum absolute atomic E-state index is 0.554. The van der Waals surface area contributed by atoms with Crippen LogP contribution in [0.1, 0.15) is 40.0 Å². The van der Waals surface area contributed by atoms with E-state index in [1.54, 1.807) is 0 Å². The normalized spacial score (nSPS) is 20.6. The van der Waals surface area contributed by atoms with E-state index in [0.717, 1.165) is 24.7 Å². The third kappa shape index (κ3) is 2.84. The Balaban J connectivity index is 2.39. The van der Waals surface area contributed by atoms with Crippen molar-refractivity contribution in [3.8, 4) is 0 Å². The van der Waals surface area contributed by atoms with Crippen molar-refractivity contribution in [3.63, 3.8) is 0 Å². The van der Waals surface area contributed by atoms with Crippen molar-refractivity contribution in [2.24, 2.45) is 5.41 Å². The van der Waals surface area contributed by atoms with E-state index in [0.29, 0.717) is 5.41 Å². The van der Waals surface area contributed by atoms with Crippen molar-refractivity contribution in [2.75, 3.05) is 19.6 Å². The van der Waals surface area contributed by atoms with E-state index in [-0.39, 0.29) is 0 Å². The molecule has 1 aliphatic heterocycles. The first kappa shape index (κ1) is 11.8. The van der Waals surface area contributed by atoms with Gasteiger partial charge in [-0.1, -0.05) is 20.3 Å². The Morgan fingerprint density at radius 2 is 1.93 bits per heavy atom. The van der Waals surface area contributed by atoms with Gasteiger partial charge in [0.1, 0.15) is 0 Å². The smallest absolute Gasteiger partial charge is 0.168 e. The van der Waals surface area contributed by atoms with Gasteiger partial charge in [-0.15, -0.1) is 0 Å². The van der Waals surface area contributed by atoms with Crippen LogP contribution >= 0.6 is 12.2 Å². The molecule has 0 aromatic carbocycles. The number of thiocarbonyl (C=S) groups is 1. The lowest BCUT2D eigenvalue weighted by Crippen LogP contribution is -2.46. The maximum Gasteiger partial charge on any atom is 0.168 e. The number of hydrogen-bond donors (Lipinski definition) is 1. The molecule has 1 aliphatic rings. The van der Waals surface area contributed by atoms with E-state index < -0.39 is 0 Å². The van der Waals surface area contributed by atoms with Crippen molar-refractivity contribution >= 4 is 17.3 Å². The van der Waals surface area contributed by atoms with Crippen LogP contribution in [-0.2, 0) is 0 Å². The fraction of sp³-hybridized carbons (Fsp3) is 0.909. The summed E-state index contributed by atoms with van der Waals surface area (Å²) in [5, 5.41) is 4.15. The second-order valence-electron chi connectivity index (χ2n) is 4.49. The van der Waals surface area contributed by atoms with Crippen molar-refractivity contribution in [1.29, 1.82) is 0 Å². The van der Waals surface area contributed by atoms with Crippen LogP contribution in [0.4, 0.5) is 0 Å². The van der Waals surface area contributed by atoms with E-state index in [2.05, 4.69) is 31.0 Å². The van der Waals surface area contributed by atoms with Crippen LogP contribution in [0, 0.1) is 5.41 Å². The molecule has 0 aromatic heterocycles. The molecule has 0 aromatic rings. The SMILES string of the molecule is CCNC(=S)N1CCC(C)(CC)CC1. The molecule has 0 unspecified atom stereocenters. The third-order valence-electron chi connectivity index (χ3n) is 3.44. The number of nitrogens with zero attached hydrogens (tertiary/aromatic N) is 1. The fourth-order valence-electron chi connectivity index (χ4n) is 1.87. The van der Waals surface area contributed by atoms with E-state index in [4.69, 9.17) is 12.2 Å². The number of hydrogen-bond acceptors (Lipinski definition) is 1. The van der Waals surface area contributed by atoms with Gasteiger partial charge in [-0.2, -0.15) is 0 Å². The standard InChI is InChI=1S/C11H22N2S/c1-4-11(3)6-8-13(9-7-11)10(14)12-5-2/h4-9H2,1-3H3,(H,12,14). The third-order valence-corrected chi connectivity index (χ3v) is 3.84. The monoisotopic (exact) mass is 214 g/mol. The number of piperidine rings is 1. The van der Waals surface area contributed by atoms with Crippen LogP contribution in [-0.4, -0.2) is 29.6 Å². The summed E-state index contributed by atoms with van der Waals surface area (Å²) >= 11 is 5.30. The first-order chi connectivity index (χ1) is 6.61. The molecular weight excluding hydrogens is 192 g/mol. The molecule has 1 rings (SSSR count). The quantitative estimate of drug-likeness (QED) is 0.711. The Labute approximate surface area is 93.1 Å². The van der Waals surface area contributed by atoms with E-state index >= 15 is 0 Å². The lowest BCUT2D eigenvalue weighted by Gasteiger charge is -2.40. The minimum Gasteiger partial charge on any atom is -0.363 e. The van der Waals surface area contributed by atoms with Gasteiger partial charge in [0.25, 0.3) is 0 Å². The van der Waals surface area contributed by atoms with Crippen LogP contribution in [0.15, 0.2) is 0 Å². The Morgan fingerprint density at radius 3 is 2.36 bits per heavy atom. The topological polar surface area (TPSA) is 15.3 Å². The Hall–Kier alpha value is -0.310. The molecule has 2 nitrogen and oxygen atoms in total. The molecule has 1 saturated heterocycles. The summed E-state index contributed by atoms with van der Waals surface area (Å²) in [6.45, 7) is 9.94. The Bertz CT molecular complexity index is 195. The van der Waals surface area contributed by atoms with Crippen molar-refractivity contribution in [1.82, 2.24) is 10.2 Å². The average molecular weight is 214 g/mol. The lowest BCUT2D eigenvalue weighted by molar-refractivity contribution is 0.161. The molecule has 0 aliphatic carbocycles. The van der Waals surface area contributed by atoms with Crippen molar-refractivity contribution < 1.29 is 0 Å². The zero-order valence-electron chi connectivity index (χ0n) is 9.60. The highest BCUT2D eigenvalue weighted by Gasteiger charge is 2.28. The first-order valence-corrected chi connectivity index (χ1v) is 6.05. The molecule has 0 radical (unpaired) electrons. The summed E-state index contributed by atoms with van der Waals surface area (Å²) in [5.41, 5.74) is 0.554. The highest BCUT2D eigenvalue weighted by atomic mass is 32.1. The van der Waals surface area contributed by atoms with Crippen LogP contribution in [0.25, 0.3) is 0 Å². The highest BCUT2D eigenvalue weighted by Crippen LogP contribution is 2.33. The molecule has 3 heteroatoms. The van der Waals surface area contributed by atoms with Gasteiger partial charge >= 0.3 is 0 Å². The highest BCUT2D eigenvalue weighted by molar-refractivity contribution is 7.80. The van der Waals surface area contributed by atoms with E-state index in [1.807, 2.05) is 0 Å². The van der Waals surface area contributed by atoms with Crippen LogP contribution in [0.2, 0.25) is 0 Å². The van der Waals surface area contributed by atoms with Gasteiger partial charge in [0, 0.05) is 19.6 Å². The molecule has 14 heavy (non-hydrogen) atoms. The molecule has 1 fully saturated rings. The predicted molar refractivity (Wildman–Crippen MR) is 65.5 cm³/mol. The van der Waals surface area contributed by atoms with Crippen molar-refractivity contribution in [2.45, 2.75) is 40.0 Å². The molecule has 0 amide bonds. The maximum atomic E-state index is 5.30. The van der Waals surface area contributed by atoms with Crippen LogP contribution in [0.3, 0.4) is 0 Å². The maximum absolute atomic E-state index is 5.30. The average Bonchev–Trinajstić information content (AvgIpc) is 2.19. The second kappa shape index (κ2) is 4.96. The molecular formula is C11H22N2S. The second-order valence-corrected chi connectivity index (χ2v) is 4.87. The summed E-state index contributed by atoms with van der Waals surface area (Å²) in [7, 11) is 0. The molecule has 0 atom stereocenters. The molecule has 0 spiro atoms. The largest absolute Gasteiger partial charge is 0.363 e. The van der Waals surface area contributed by atoms with Gasteiger partial charge in [-0.3, -0.25) is 0 Å². The molecule has 1 N–H and O–H groups in total. The first-order valence-electron chi connectivity index (χ1n) is 5.64. The predicted octanol–water partition coefficient (Wildman–Crippen LogP) is 2.39. The van der Waals surface area contributed by atoms with Gasteiger partial charge in [-0.25, -0.2) is 0 Å². The summed E-state index contributed by atoms with van der Waals surface area (Å²) < 4.78 is 0. The van der Waals surface area contributed by atoms with Gasteiger partial charge in [-0.05, 0) is 37.4 Å². The molecule has 0 saturated carbocycles. The molecule has 82 valence electrons. The molecule has 0 bridgehead atoms. The van der Waals surface area contributed by atoms with Crippen molar-refractivity contribution in [3.05, 3.63) is 0 Å². The summed E-state index contributed by atoms with van der Waals surface area (Å²) in [6.07, 6.45) is 3.83. The van der Waals surface area contributed by atoms with Crippen LogP contribution < -0.4 is 5.32 Å². The van der Waals surface area contributed by atoms with Gasteiger partial charge < -0.3 is 10.2 Å². The fourth-order valence-corrected chi connectivity index (χ4v) is 2.19. The number of likely N-dealkylation sites (tertiary alicyclic amines) is 1. The zero-order chi connectivity index (χ0) is 10.6. The Kier molecular flexibility index (Phi) is 4.17. The summed E-state index contributed by atoms with van der Waals surface area (Å²) in [5.74, 6) is 0. The van der Waals surface area contributed by atoms with Crippen LogP contribution in [0.5, 0.6) is 0 Å². The van der Waals surface area contributed by atoms with Gasteiger partial charge in [0.15, 0.2) is 5.11 Å². The van der Waals surface area contributed by atoms with Gasteiger partial charge in [0.2, 0.25) is 0 Å².